The summed E-state index contributed by atoms with van der Waals surface area (Å²) in [4.78, 5) is 51.3. The Balaban J connectivity index is 1.50. The first kappa shape index (κ1) is 17.9. The van der Waals surface area contributed by atoms with Crippen molar-refractivity contribution in [3.05, 3.63) is 64.7 Å². The number of hydrogen-bond acceptors (Lipinski definition) is 4. The minimum Gasteiger partial charge on any atom is -0.338 e. The van der Waals surface area contributed by atoms with Crippen LogP contribution >= 0.6 is 0 Å². The number of benzene rings is 2. The molecule has 1 fully saturated rings. The lowest BCUT2D eigenvalue weighted by Crippen LogP contribution is -2.24. The highest BCUT2D eigenvalue weighted by Crippen LogP contribution is 2.23. The van der Waals surface area contributed by atoms with Gasteiger partial charge < -0.3 is 10.2 Å². The summed E-state index contributed by atoms with van der Waals surface area (Å²) in [6, 6.07) is 11.8. The molecule has 7 heteroatoms. The minimum atomic E-state index is -0.410. The molecule has 0 radical (unpaired) electrons. The lowest BCUT2D eigenvalue weighted by atomic mass is 10.1. The Bertz CT molecular complexity index is 1010. The summed E-state index contributed by atoms with van der Waals surface area (Å²) < 4.78 is 0. The molecule has 4 rings (SSSR count). The molecule has 0 aromatic heterocycles. The van der Waals surface area contributed by atoms with Crippen molar-refractivity contribution in [2.45, 2.75) is 19.4 Å². The van der Waals surface area contributed by atoms with E-state index in [1.54, 1.807) is 11.0 Å². The molecule has 0 spiro atoms. The molecule has 2 aliphatic heterocycles. The van der Waals surface area contributed by atoms with Crippen LogP contribution in [0, 0.1) is 0 Å². The minimum absolute atomic E-state index is 0.150. The lowest BCUT2D eigenvalue weighted by Gasteiger charge is -2.16. The van der Waals surface area contributed by atoms with E-state index in [-0.39, 0.29) is 23.3 Å². The van der Waals surface area contributed by atoms with Gasteiger partial charge in [0.25, 0.3) is 17.7 Å². The molecule has 1 N–H and O–H groups in total. The Hall–Kier alpha value is -3.48. The Morgan fingerprint density at radius 1 is 1.04 bits per heavy atom. The highest BCUT2D eigenvalue weighted by Gasteiger charge is 2.33. The third-order valence-corrected chi connectivity index (χ3v) is 5.08. The maximum atomic E-state index is 12.6. The quantitative estimate of drug-likeness (QED) is 0.829. The smallest absolute Gasteiger partial charge is 0.261 e. The van der Waals surface area contributed by atoms with Crippen molar-refractivity contribution in [2.75, 3.05) is 18.9 Å². The van der Waals surface area contributed by atoms with Crippen molar-refractivity contribution in [1.29, 1.82) is 0 Å². The largest absolute Gasteiger partial charge is 0.338 e. The number of rotatable bonds is 4. The molecular formula is C21H19N3O4. The standard InChI is InChI=1S/C21H19N3O4/c1-23-20(27)16-8-7-14(11-17(16)21(23)28)19(26)22-15-5-2-4-13(10-15)12-24-9-3-6-18(24)25/h2,4-5,7-8,10-11H,3,6,9,12H2,1H3,(H,22,26). The fourth-order valence-electron chi connectivity index (χ4n) is 3.54. The van der Waals surface area contributed by atoms with E-state index in [0.717, 1.165) is 23.4 Å². The zero-order chi connectivity index (χ0) is 19.8. The highest BCUT2D eigenvalue weighted by molar-refractivity contribution is 6.22. The summed E-state index contributed by atoms with van der Waals surface area (Å²) in [5.41, 5.74) is 2.39. The van der Waals surface area contributed by atoms with Gasteiger partial charge in [0.15, 0.2) is 0 Å². The third-order valence-electron chi connectivity index (χ3n) is 5.08. The average molecular weight is 377 g/mol. The van der Waals surface area contributed by atoms with Crippen LogP contribution in [0.25, 0.3) is 0 Å². The number of likely N-dealkylation sites (tertiary alicyclic amines) is 1. The highest BCUT2D eigenvalue weighted by atomic mass is 16.2. The van der Waals surface area contributed by atoms with E-state index in [4.69, 9.17) is 0 Å². The Labute approximate surface area is 161 Å². The first-order valence-corrected chi connectivity index (χ1v) is 9.08. The molecule has 28 heavy (non-hydrogen) atoms. The van der Waals surface area contributed by atoms with E-state index in [0.29, 0.717) is 29.8 Å². The van der Waals surface area contributed by atoms with Gasteiger partial charge in [0.1, 0.15) is 0 Å². The molecule has 0 unspecified atom stereocenters. The second-order valence-corrected chi connectivity index (χ2v) is 7.00. The molecule has 2 aromatic carbocycles. The predicted octanol–water partition coefficient (Wildman–Crippen LogP) is 2.29. The summed E-state index contributed by atoms with van der Waals surface area (Å²) in [6.07, 6.45) is 1.47. The van der Waals surface area contributed by atoms with E-state index < -0.39 is 5.91 Å². The number of amides is 4. The molecule has 142 valence electrons. The topological polar surface area (TPSA) is 86.8 Å². The first-order chi connectivity index (χ1) is 13.4. The Kier molecular flexibility index (Phi) is 4.43. The van der Waals surface area contributed by atoms with Crippen LogP contribution in [0.5, 0.6) is 0 Å². The number of imide groups is 1. The second-order valence-electron chi connectivity index (χ2n) is 7.00. The van der Waals surface area contributed by atoms with Crippen LogP contribution in [0.1, 0.15) is 49.5 Å². The zero-order valence-corrected chi connectivity index (χ0v) is 15.4. The van der Waals surface area contributed by atoms with Crippen molar-refractivity contribution in [3.8, 4) is 0 Å². The van der Waals surface area contributed by atoms with Gasteiger partial charge in [0, 0.05) is 37.8 Å². The van der Waals surface area contributed by atoms with E-state index in [1.807, 2.05) is 18.2 Å². The SMILES string of the molecule is CN1C(=O)c2ccc(C(=O)Nc3cccc(CN4CCCC4=O)c3)cc2C1=O. The van der Waals surface area contributed by atoms with Crippen molar-refractivity contribution in [1.82, 2.24) is 9.80 Å². The summed E-state index contributed by atoms with van der Waals surface area (Å²) in [5, 5.41) is 2.81. The molecule has 7 nitrogen and oxygen atoms in total. The Morgan fingerprint density at radius 2 is 1.82 bits per heavy atom. The maximum Gasteiger partial charge on any atom is 0.261 e. The first-order valence-electron chi connectivity index (χ1n) is 9.08. The fraction of sp³-hybridized carbons (Fsp3) is 0.238. The van der Waals surface area contributed by atoms with Crippen LogP contribution in [0.3, 0.4) is 0 Å². The fourth-order valence-corrected chi connectivity index (χ4v) is 3.54. The number of fused-ring (bicyclic) bond motifs is 1. The second kappa shape index (κ2) is 6.92. The molecule has 2 aromatic rings. The maximum absolute atomic E-state index is 12.6. The number of anilines is 1. The van der Waals surface area contributed by atoms with Gasteiger partial charge in [-0.25, -0.2) is 0 Å². The summed E-state index contributed by atoms with van der Waals surface area (Å²) in [7, 11) is 1.42. The van der Waals surface area contributed by atoms with E-state index in [9.17, 15) is 19.2 Å². The molecule has 4 amide bonds. The van der Waals surface area contributed by atoms with Gasteiger partial charge in [-0.05, 0) is 42.3 Å². The molecule has 1 saturated heterocycles. The van der Waals surface area contributed by atoms with Gasteiger partial charge >= 0.3 is 0 Å². The van der Waals surface area contributed by atoms with Gasteiger partial charge in [0.2, 0.25) is 5.91 Å². The molecule has 0 bridgehead atoms. The summed E-state index contributed by atoms with van der Waals surface area (Å²) >= 11 is 0. The number of carbonyl (C=O) groups is 4. The van der Waals surface area contributed by atoms with Gasteiger partial charge in [0.05, 0.1) is 11.1 Å². The van der Waals surface area contributed by atoms with Crippen molar-refractivity contribution in [2.24, 2.45) is 0 Å². The summed E-state index contributed by atoms with van der Waals surface area (Å²) in [6.45, 7) is 1.27. The van der Waals surface area contributed by atoms with E-state index >= 15 is 0 Å². The predicted molar refractivity (Wildman–Crippen MR) is 102 cm³/mol. The molecule has 0 aliphatic carbocycles. The van der Waals surface area contributed by atoms with Crippen molar-refractivity contribution in [3.63, 3.8) is 0 Å². The van der Waals surface area contributed by atoms with Crippen molar-refractivity contribution >= 4 is 29.3 Å². The Morgan fingerprint density at radius 3 is 2.57 bits per heavy atom. The van der Waals surface area contributed by atoms with Crippen LogP contribution in [-0.4, -0.2) is 47.0 Å². The third kappa shape index (κ3) is 3.15. The van der Waals surface area contributed by atoms with Crippen molar-refractivity contribution < 1.29 is 19.2 Å². The number of hydrogen-bond donors (Lipinski definition) is 1. The van der Waals surface area contributed by atoms with Crippen LogP contribution in [0.15, 0.2) is 42.5 Å². The van der Waals surface area contributed by atoms with Crippen LogP contribution in [-0.2, 0) is 11.3 Å². The molecule has 0 atom stereocenters. The average Bonchev–Trinajstić information content (AvgIpc) is 3.18. The number of carbonyl (C=O) groups excluding carboxylic acids is 4. The normalized spacial score (nSPS) is 16.0. The number of nitrogens with one attached hydrogen (secondary N) is 1. The van der Waals surface area contributed by atoms with E-state index in [1.165, 1.54) is 25.2 Å². The number of nitrogens with zero attached hydrogens (tertiary/aromatic N) is 2. The van der Waals surface area contributed by atoms with Gasteiger partial charge in [-0.1, -0.05) is 12.1 Å². The van der Waals surface area contributed by atoms with Crippen LogP contribution in [0.4, 0.5) is 5.69 Å². The van der Waals surface area contributed by atoms with Gasteiger partial charge in [-0.3, -0.25) is 24.1 Å². The monoisotopic (exact) mass is 377 g/mol. The van der Waals surface area contributed by atoms with Crippen LogP contribution < -0.4 is 5.32 Å². The van der Waals surface area contributed by atoms with Gasteiger partial charge in [-0.15, -0.1) is 0 Å². The molecule has 2 aliphatic rings. The molecular weight excluding hydrogens is 358 g/mol. The molecule has 0 saturated carbocycles. The molecule has 2 heterocycles. The summed E-state index contributed by atoms with van der Waals surface area (Å²) in [5.74, 6) is -0.994. The van der Waals surface area contributed by atoms with E-state index in [2.05, 4.69) is 5.32 Å². The lowest BCUT2D eigenvalue weighted by molar-refractivity contribution is -0.128. The van der Waals surface area contributed by atoms with Crippen LogP contribution in [0.2, 0.25) is 0 Å². The van der Waals surface area contributed by atoms with Gasteiger partial charge in [-0.2, -0.15) is 0 Å². The zero-order valence-electron chi connectivity index (χ0n) is 15.4.